The predicted molar refractivity (Wildman–Crippen MR) is 69.2 cm³/mol. The molecule has 2 fully saturated rings. The van der Waals surface area contributed by atoms with Crippen molar-refractivity contribution in [3.8, 4) is 0 Å². The van der Waals surface area contributed by atoms with Crippen molar-refractivity contribution >= 4 is 11.8 Å². The van der Waals surface area contributed by atoms with Gasteiger partial charge in [0.1, 0.15) is 0 Å². The minimum Gasteiger partial charge on any atom is -0.330 e. The Hall–Kier alpha value is 0.310. The molecule has 1 saturated heterocycles. The molecule has 0 aromatic rings. The molecule has 0 radical (unpaired) electrons. The Labute approximate surface area is 98.6 Å². The molecule has 1 saturated carbocycles. The Bertz CT molecular complexity index is 219. The number of nitrogens with two attached hydrogens (primary N) is 1. The van der Waals surface area contributed by atoms with Gasteiger partial charge in [-0.3, -0.25) is 0 Å². The second-order valence-corrected chi connectivity index (χ2v) is 7.67. The first-order valence-corrected chi connectivity index (χ1v) is 7.43. The Morgan fingerprint density at radius 3 is 2.33 bits per heavy atom. The molecule has 1 aliphatic carbocycles. The average Bonchev–Trinajstić information content (AvgIpc) is 2.60. The van der Waals surface area contributed by atoms with E-state index in [0.717, 1.165) is 12.5 Å². The Morgan fingerprint density at radius 2 is 1.87 bits per heavy atom. The topological polar surface area (TPSA) is 26.0 Å². The zero-order valence-electron chi connectivity index (χ0n) is 10.2. The number of thioether (sulfide) groups is 1. The molecule has 15 heavy (non-hydrogen) atoms. The molecular formula is C13H25NS. The van der Waals surface area contributed by atoms with E-state index in [2.05, 4.69) is 25.6 Å². The lowest BCUT2D eigenvalue weighted by Crippen LogP contribution is -2.45. The van der Waals surface area contributed by atoms with Crippen LogP contribution in [0.1, 0.15) is 52.4 Å². The summed E-state index contributed by atoms with van der Waals surface area (Å²) in [5.74, 6) is 2.21. The first kappa shape index (κ1) is 11.8. The van der Waals surface area contributed by atoms with Gasteiger partial charge in [-0.05, 0) is 42.9 Å². The highest BCUT2D eigenvalue weighted by atomic mass is 32.2. The molecule has 2 N–H and O–H groups in total. The summed E-state index contributed by atoms with van der Waals surface area (Å²) in [7, 11) is 0. The van der Waals surface area contributed by atoms with Gasteiger partial charge in [0.05, 0.1) is 0 Å². The monoisotopic (exact) mass is 227 g/mol. The molecule has 1 aliphatic heterocycles. The lowest BCUT2D eigenvalue weighted by Gasteiger charge is -2.46. The van der Waals surface area contributed by atoms with Gasteiger partial charge in [0, 0.05) is 4.75 Å². The van der Waals surface area contributed by atoms with Gasteiger partial charge in [-0.2, -0.15) is 11.8 Å². The Kier molecular flexibility index (Phi) is 3.37. The molecule has 88 valence electrons. The summed E-state index contributed by atoms with van der Waals surface area (Å²) in [5.41, 5.74) is 6.62. The Morgan fingerprint density at radius 1 is 1.20 bits per heavy atom. The molecule has 1 atom stereocenters. The first-order chi connectivity index (χ1) is 7.11. The van der Waals surface area contributed by atoms with E-state index < -0.39 is 0 Å². The van der Waals surface area contributed by atoms with Gasteiger partial charge in [-0.15, -0.1) is 0 Å². The van der Waals surface area contributed by atoms with Crippen LogP contribution in [-0.2, 0) is 0 Å². The minimum absolute atomic E-state index is 0.469. The van der Waals surface area contributed by atoms with Crippen LogP contribution in [0.25, 0.3) is 0 Å². The summed E-state index contributed by atoms with van der Waals surface area (Å²) in [5, 5.41) is 0. The highest BCUT2D eigenvalue weighted by molar-refractivity contribution is 8.00. The summed E-state index contributed by atoms with van der Waals surface area (Å²) in [6.07, 6.45) is 8.43. The van der Waals surface area contributed by atoms with E-state index >= 15 is 0 Å². The van der Waals surface area contributed by atoms with Crippen molar-refractivity contribution in [2.45, 2.75) is 57.1 Å². The fourth-order valence-electron chi connectivity index (χ4n) is 3.88. The van der Waals surface area contributed by atoms with E-state index in [-0.39, 0.29) is 0 Å². The molecule has 0 spiro atoms. The summed E-state index contributed by atoms with van der Waals surface area (Å²) < 4.78 is 0.469. The van der Waals surface area contributed by atoms with Gasteiger partial charge in [0.15, 0.2) is 0 Å². The highest BCUT2D eigenvalue weighted by Crippen LogP contribution is 2.55. The predicted octanol–water partition coefficient (Wildman–Crippen LogP) is 3.43. The van der Waals surface area contributed by atoms with E-state index in [4.69, 9.17) is 5.73 Å². The van der Waals surface area contributed by atoms with Gasteiger partial charge < -0.3 is 5.73 Å². The fourth-order valence-corrected chi connectivity index (χ4v) is 5.33. The Balaban J connectivity index is 2.17. The molecule has 1 unspecified atom stereocenters. The molecule has 0 aromatic heterocycles. The van der Waals surface area contributed by atoms with Gasteiger partial charge >= 0.3 is 0 Å². The maximum atomic E-state index is 6.13. The van der Waals surface area contributed by atoms with Crippen molar-refractivity contribution in [3.63, 3.8) is 0 Å². The molecule has 0 amide bonds. The SMILES string of the molecule is CC1(C)SCCC1C1(CN)CCCCC1. The first-order valence-electron chi connectivity index (χ1n) is 6.45. The molecule has 2 aliphatic rings. The molecule has 1 heterocycles. The van der Waals surface area contributed by atoms with Gasteiger partial charge in [0.2, 0.25) is 0 Å². The second-order valence-electron chi connectivity index (χ2n) is 5.92. The maximum Gasteiger partial charge on any atom is 0.0137 e. The third kappa shape index (κ3) is 2.08. The van der Waals surface area contributed by atoms with Crippen LogP contribution in [0.4, 0.5) is 0 Å². The minimum atomic E-state index is 0.469. The van der Waals surface area contributed by atoms with E-state index in [1.165, 1.54) is 44.3 Å². The van der Waals surface area contributed by atoms with Crippen molar-refractivity contribution in [2.75, 3.05) is 12.3 Å². The van der Waals surface area contributed by atoms with Crippen molar-refractivity contribution in [1.82, 2.24) is 0 Å². The zero-order chi connectivity index (χ0) is 10.9. The van der Waals surface area contributed by atoms with E-state index in [1.54, 1.807) is 0 Å². The average molecular weight is 227 g/mol. The summed E-state index contributed by atoms with van der Waals surface area (Å²) >= 11 is 2.16. The lowest BCUT2D eigenvalue weighted by atomic mass is 9.61. The number of hydrogen-bond donors (Lipinski definition) is 1. The van der Waals surface area contributed by atoms with E-state index in [9.17, 15) is 0 Å². The van der Waals surface area contributed by atoms with Crippen molar-refractivity contribution in [1.29, 1.82) is 0 Å². The quantitative estimate of drug-likeness (QED) is 0.782. The molecule has 2 rings (SSSR count). The maximum absolute atomic E-state index is 6.13. The largest absolute Gasteiger partial charge is 0.330 e. The fraction of sp³-hybridized carbons (Fsp3) is 1.00. The van der Waals surface area contributed by atoms with Crippen LogP contribution in [0.15, 0.2) is 0 Å². The summed E-state index contributed by atoms with van der Waals surface area (Å²) in [6, 6.07) is 0. The van der Waals surface area contributed by atoms with Gasteiger partial charge in [-0.1, -0.05) is 33.1 Å². The smallest absolute Gasteiger partial charge is 0.0137 e. The third-order valence-corrected chi connectivity index (χ3v) is 6.18. The second kappa shape index (κ2) is 4.29. The molecular weight excluding hydrogens is 202 g/mol. The standard InChI is InChI=1S/C13H25NS/c1-12(2)11(6-9-15-12)13(10-14)7-4-3-5-8-13/h11H,3-10,14H2,1-2H3. The van der Waals surface area contributed by atoms with Crippen molar-refractivity contribution in [3.05, 3.63) is 0 Å². The van der Waals surface area contributed by atoms with Gasteiger partial charge in [-0.25, -0.2) is 0 Å². The van der Waals surface area contributed by atoms with E-state index in [0.29, 0.717) is 10.2 Å². The molecule has 0 aromatic carbocycles. The molecule has 1 nitrogen and oxygen atoms in total. The van der Waals surface area contributed by atoms with Gasteiger partial charge in [0.25, 0.3) is 0 Å². The van der Waals surface area contributed by atoms with Crippen LogP contribution in [0, 0.1) is 11.3 Å². The highest BCUT2D eigenvalue weighted by Gasteiger charge is 2.48. The molecule has 0 bridgehead atoms. The van der Waals surface area contributed by atoms with Crippen LogP contribution in [0.5, 0.6) is 0 Å². The van der Waals surface area contributed by atoms with Crippen LogP contribution < -0.4 is 5.73 Å². The van der Waals surface area contributed by atoms with Crippen LogP contribution in [0.2, 0.25) is 0 Å². The summed E-state index contributed by atoms with van der Waals surface area (Å²) in [6.45, 7) is 5.78. The normalized spacial score (nSPS) is 34.2. The molecule has 2 heteroatoms. The van der Waals surface area contributed by atoms with E-state index in [1.807, 2.05) is 0 Å². The number of hydrogen-bond acceptors (Lipinski definition) is 2. The van der Waals surface area contributed by atoms with Crippen LogP contribution in [-0.4, -0.2) is 17.0 Å². The zero-order valence-corrected chi connectivity index (χ0v) is 11.0. The van der Waals surface area contributed by atoms with Crippen molar-refractivity contribution < 1.29 is 0 Å². The van der Waals surface area contributed by atoms with Crippen molar-refractivity contribution in [2.24, 2.45) is 17.1 Å². The third-order valence-electron chi connectivity index (χ3n) is 4.71. The van der Waals surface area contributed by atoms with Crippen LogP contribution in [0.3, 0.4) is 0 Å². The van der Waals surface area contributed by atoms with Crippen LogP contribution >= 0.6 is 11.8 Å². The lowest BCUT2D eigenvalue weighted by molar-refractivity contribution is 0.0869. The summed E-state index contributed by atoms with van der Waals surface area (Å²) in [4.78, 5) is 0. The number of rotatable bonds is 2.